The van der Waals surface area contributed by atoms with Gasteiger partial charge in [0, 0.05) is 40.9 Å². The lowest BCUT2D eigenvalue weighted by Crippen LogP contribution is -2.17. The Kier molecular flexibility index (Phi) is 8.04. The van der Waals surface area contributed by atoms with Gasteiger partial charge in [-0.25, -0.2) is 9.97 Å². The molecule has 0 aliphatic heterocycles. The van der Waals surface area contributed by atoms with Crippen molar-refractivity contribution >= 4 is 39.0 Å². The third kappa shape index (κ3) is 6.02. The van der Waals surface area contributed by atoms with Crippen molar-refractivity contribution in [2.75, 3.05) is 38.1 Å². The highest BCUT2D eigenvalue weighted by Gasteiger charge is 2.16. The van der Waals surface area contributed by atoms with Crippen molar-refractivity contribution in [2.45, 2.75) is 26.0 Å². The van der Waals surface area contributed by atoms with E-state index in [4.69, 9.17) is 24.2 Å². The van der Waals surface area contributed by atoms with Crippen molar-refractivity contribution in [2.24, 2.45) is 0 Å². The maximum absolute atomic E-state index is 10.2. The summed E-state index contributed by atoms with van der Waals surface area (Å²) in [6, 6.07) is 17.4. The first-order valence-electron chi connectivity index (χ1n) is 12.8. The van der Waals surface area contributed by atoms with Crippen LogP contribution >= 0.6 is 0 Å². The largest absolute Gasteiger partial charge is 0.493 e. The summed E-state index contributed by atoms with van der Waals surface area (Å²) in [6.07, 6.45) is 2.68. The van der Waals surface area contributed by atoms with Gasteiger partial charge in [-0.1, -0.05) is 25.5 Å². The number of nitrogens with one attached hydrogen (secondary N) is 3. The van der Waals surface area contributed by atoms with Gasteiger partial charge in [0.15, 0.2) is 17.3 Å². The first-order valence-corrected chi connectivity index (χ1v) is 12.8. The van der Waals surface area contributed by atoms with Crippen LogP contribution in [0.4, 0.5) is 17.2 Å². The van der Waals surface area contributed by atoms with E-state index in [1.165, 1.54) is 0 Å². The number of nitrogens with zero attached hydrogens (tertiary/aromatic N) is 3. The number of aromatic nitrogens is 4. The SMILES string of the molecule is CCCC(O)Nc1cccc(-c2nc(Nc3ccc4[nH]ncc4c3)c3cc(OC)c(OCCOC)cc3n2)c1. The lowest BCUT2D eigenvalue weighted by molar-refractivity contribution is 0.144. The number of anilines is 3. The molecule has 0 bridgehead atoms. The van der Waals surface area contributed by atoms with Gasteiger partial charge in [-0.15, -0.1) is 0 Å². The minimum atomic E-state index is -0.628. The van der Waals surface area contributed by atoms with Crippen LogP contribution in [0.2, 0.25) is 0 Å². The Hall–Kier alpha value is -4.41. The second-order valence-electron chi connectivity index (χ2n) is 9.08. The number of methoxy groups -OCH3 is 2. The minimum absolute atomic E-state index is 0.375. The molecule has 5 rings (SSSR count). The highest BCUT2D eigenvalue weighted by atomic mass is 16.5. The number of ether oxygens (including phenoxy) is 3. The molecule has 39 heavy (non-hydrogen) atoms. The zero-order valence-corrected chi connectivity index (χ0v) is 22.2. The number of aromatic amines is 1. The summed E-state index contributed by atoms with van der Waals surface area (Å²) in [5, 5.41) is 25.7. The van der Waals surface area contributed by atoms with Crippen molar-refractivity contribution in [3.8, 4) is 22.9 Å². The molecule has 202 valence electrons. The second kappa shape index (κ2) is 12.0. The van der Waals surface area contributed by atoms with E-state index >= 15 is 0 Å². The maximum Gasteiger partial charge on any atom is 0.163 e. The van der Waals surface area contributed by atoms with Gasteiger partial charge in [0.1, 0.15) is 18.7 Å². The van der Waals surface area contributed by atoms with E-state index in [0.717, 1.165) is 39.6 Å². The van der Waals surface area contributed by atoms with Gasteiger partial charge in [0.2, 0.25) is 0 Å². The number of aliphatic hydroxyl groups excluding tert-OH is 1. The van der Waals surface area contributed by atoms with Gasteiger partial charge >= 0.3 is 0 Å². The molecule has 2 heterocycles. The molecule has 10 nitrogen and oxygen atoms in total. The van der Waals surface area contributed by atoms with Gasteiger partial charge in [-0.2, -0.15) is 5.10 Å². The monoisotopic (exact) mass is 528 g/mol. The zero-order chi connectivity index (χ0) is 27.2. The highest BCUT2D eigenvalue weighted by molar-refractivity contribution is 5.95. The summed E-state index contributed by atoms with van der Waals surface area (Å²) in [6.45, 7) is 2.86. The van der Waals surface area contributed by atoms with E-state index in [9.17, 15) is 5.11 Å². The molecule has 0 aliphatic rings. The van der Waals surface area contributed by atoms with Gasteiger partial charge in [0.05, 0.1) is 30.9 Å². The molecule has 0 amide bonds. The average molecular weight is 529 g/mol. The molecule has 0 fully saturated rings. The Morgan fingerprint density at radius 2 is 1.87 bits per heavy atom. The van der Waals surface area contributed by atoms with Crippen molar-refractivity contribution in [3.63, 3.8) is 0 Å². The number of rotatable bonds is 12. The Morgan fingerprint density at radius 1 is 0.974 bits per heavy atom. The predicted octanol–water partition coefficient (Wildman–Crippen LogP) is 5.48. The average Bonchev–Trinajstić information content (AvgIpc) is 3.41. The maximum atomic E-state index is 10.2. The van der Waals surface area contributed by atoms with Crippen LogP contribution in [-0.4, -0.2) is 58.9 Å². The molecule has 0 saturated carbocycles. The van der Waals surface area contributed by atoms with E-state index in [-0.39, 0.29) is 0 Å². The predicted molar refractivity (Wildman–Crippen MR) is 153 cm³/mol. The lowest BCUT2D eigenvalue weighted by atomic mass is 10.1. The number of H-pyrrole nitrogens is 1. The molecule has 0 spiro atoms. The van der Waals surface area contributed by atoms with Crippen LogP contribution in [0.1, 0.15) is 19.8 Å². The first-order chi connectivity index (χ1) is 19.1. The Balaban J connectivity index is 1.60. The third-order valence-corrected chi connectivity index (χ3v) is 6.25. The number of aliphatic hydroxyl groups is 1. The van der Waals surface area contributed by atoms with Crippen molar-refractivity contribution in [1.29, 1.82) is 0 Å². The molecule has 0 aliphatic carbocycles. The smallest absolute Gasteiger partial charge is 0.163 e. The molecule has 10 heteroatoms. The molecule has 3 aromatic carbocycles. The summed E-state index contributed by atoms with van der Waals surface area (Å²) < 4.78 is 16.7. The van der Waals surface area contributed by atoms with E-state index in [1.807, 2.05) is 61.5 Å². The Morgan fingerprint density at radius 3 is 2.69 bits per heavy atom. The number of fused-ring (bicyclic) bond motifs is 2. The third-order valence-electron chi connectivity index (χ3n) is 6.25. The van der Waals surface area contributed by atoms with Crippen LogP contribution in [0, 0.1) is 0 Å². The molecular formula is C29H32N6O4. The summed E-state index contributed by atoms with van der Waals surface area (Å²) in [5.41, 5.74) is 4.08. The molecule has 0 saturated heterocycles. The fourth-order valence-electron chi connectivity index (χ4n) is 4.31. The van der Waals surface area contributed by atoms with Crippen LogP contribution < -0.4 is 20.1 Å². The number of hydrogen-bond donors (Lipinski definition) is 4. The minimum Gasteiger partial charge on any atom is -0.493 e. The zero-order valence-electron chi connectivity index (χ0n) is 22.2. The molecular weight excluding hydrogens is 496 g/mol. The Labute approximate surface area is 226 Å². The number of benzene rings is 3. The van der Waals surface area contributed by atoms with Crippen molar-refractivity contribution in [1.82, 2.24) is 20.2 Å². The van der Waals surface area contributed by atoms with E-state index in [1.54, 1.807) is 20.4 Å². The van der Waals surface area contributed by atoms with Crippen LogP contribution in [0.5, 0.6) is 11.5 Å². The number of hydrogen-bond acceptors (Lipinski definition) is 9. The summed E-state index contributed by atoms with van der Waals surface area (Å²) in [7, 11) is 3.23. The van der Waals surface area contributed by atoms with Gasteiger partial charge in [-0.3, -0.25) is 5.10 Å². The molecule has 5 aromatic rings. The first kappa shape index (κ1) is 26.2. The van der Waals surface area contributed by atoms with E-state index < -0.39 is 6.23 Å². The normalized spacial score (nSPS) is 12.0. The van der Waals surface area contributed by atoms with Gasteiger partial charge in [-0.05, 0) is 42.8 Å². The topological polar surface area (TPSA) is 126 Å². The summed E-state index contributed by atoms with van der Waals surface area (Å²) >= 11 is 0. The summed E-state index contributed by atoms with van der Waals surface area (Å²) in [4.78, 5) is 9.81. The van der Waals surface area contributed by atoms with Crippen LogP contribution in [0.25, 0.3) is 33.2 Å². The molecule has 0 radical (unpaired) electrons. The van der Waals surface area contributed by atoms with Gasteiger partial charge in [0.25, 0.3) is 0 Å². The van der Waals surface area contributed by atoms with Crippen LogP contribution in [0.15, 0.2) is 60.8 Å². The van der Waals surface area contributed by atoms with Crippen LogP contribution in [-0.2, 0) is 4.74 Å². The van der Waals surface area contributed by atoms with E-state index in [0.29, 0.717) is 48.3 Å². The standard InChI is InChI=1S/C29H32N6O4/c1-4-6-27(36)31-20-8-5-7-18(13-20)28-33-24-16-26(39-12-11-37-2)25(38-3)15-22(24)29(34-28)32-21-9-10-23-19(14-21)17-30-35-23/h5,7-10,13-17,27,31,36H,4,6,11-12H2,1-3H3,(H,30,35)(H,32,33,34). The molecule has 1 unspecified atom stereocenters. The second-order valence-corrected chi connectivity index (χ2v) is 9.08. The highest BCUT2D eigenvalue weighted by Crippen LogP contribution is 2.37. The van der Waals surface area contributed by atoms with Crippen molar-refractivity contribution in [3.05, 3.63) is 60.8 Å². The van der Waals surface area contributed by atoms with E-state index in [2.05, 4.69) is 20.8 Å². The Bertz CT molecular complexity index is 1570. The van der Waals surface area contributed by atoms with Crippen molar-refractivity contribution < 1.29 is 19.3 Å². The fraction of sp³-hybridized carbons (Fsp3) is 0.276. The molecule has 1 atom stereocenters. The molecule has 2 aromatic heterocycles. The molecule has 4 N–H and O–H groups in total. The fourth-order valence-corrected chi connectivity index (χ4v) is 4.31. The lowest BCUT2D eigenvalue weighted by Gasteiger charge is -2.16. The van der Waals surface area contributed by atoms with Gasteiger partial charge < -0.3 is 30.0 Å². The summed E-state index contributed by atoms with van der Waals surface area (Å²) in [5.74, 6) is 2.27. The quantitative estimate of drug-likeness (QED) is 0.123. The van der Waals surface area contributed by atoms with Crippen LogP contribution in [0.3, 0.4) is 0 Å².